The minimum absolute atomic E-state index is 0.949. The standard InChI is InChI=1S/C45H29N3/c1-4-14-30(15-5-1)40-28-33(29-41(46-40)31-16-6-2-7-17-31)48-43-23-13-11-21-35(43)37-25-26-38-39(45(37)48)27-24-36-34-20-10-12-22-42(34)47(44(36)38)32-18-8-3-9-19-32/h1-29H. The van der Waals surface area contributed by atoms with Crippen LogP contribution in [-0.4, -0.2) is 14.1 Å². The number of para-hydroxylation sites is 3. The van der Waals surface area contributed by atoms with E-state index in [1.165, 1.54) is 54.4 Å². The molecule has 3 heteroatoms. The van der Waals surface area contributed by atoms with Gasteiger partial charge in [0.2, 0.25) is 0 Å². The van der Waals surface area contributed by atoms with Crippen molar-refractivity contribution in [1.29, 1.82) is 0 Å². The van der Waals surface area contributed by atoms with Crippen molar-refractivity contribution in [2.24, 2.45) is 0 Å². The zero-order chi connectivity index (χ0) is 31.6. The summed E-state index contributed by atoms with van der Waals surface area (Å²) in [6.07, 6.45) is 0. The smallest absolute Gasteiger partial charge is 0.0730 e. The van der Waals surface area contributed by atoms with Crippen LogP contribution in [0.25, 0.3) is 88.3 Å². The van der Waals surface area contributed by atoms with Gasteiger partial charge < -0.3 is 9.13 Å². The summed E-state index contributed by atoms with van der Waals surface area (Å²) in [5.74, 6) is 0. The summed E-state index contributed by atoms with van der Waals surface area (Å²) in [7, 11) is 0. The minimum atomic E-state index is 0.949. The molecule has 0 radical (unpaired) electrons. The number of pyridine rings is 1. The first-order valence-electron chi connectivity index (χ1n) is 16.4. The maximum Gasteiger partial charge on any atom is 0.0730 e. The first-order chi connectivity index (χ1) is 23.8. The number of hydrogen-bond donors (Lipinski definition) is 0. The van der Waals surface area contributed by atoms with Crippen LogP contribution in [0.1, 0.15) is 0 Å². The highest BCUT2D eigenvalue weighted by Crippen LogP contribution is 2.42. The molecule has 3 nitrogen and oxygen atoms in total. The fraction of sp³-hybridized carbons (Fsp3) is 0. The van der Waals surface area contributed by atoms with Crippen LogP contribution in [0.4, 0.5) is 0 Å². The maximum absolute atomic E-state index is 5.20. The summed E-state index contributed by atoms with van der Waals surface area (Å²) >= 11 is 0. The van der Waals surface area contributed by atoms with E-state index in [9.17, 15) is 0 Å². The summed E-state index contributed by atoms with van der Waals surface area (Å²) in [5, 5.41) is 7.43. The lowest BCUT2D eigenvalue weighted by molar-refractivity contribution is 1.16. The molecule has 0 atom stereocenters. The van der Waals surface area contributed by atoms with E-state index in [1.807, 2.05) is 0 Å². The van der Waals surface area contributed by atoms with E-state index >= 15 is 0 Å². The van der Waals surface area contributed by atoms with E-state index in [-0.39, 0.29) is 0 Å². The third-order valence-corrected chi connectivity index (χ3v) is 9.68. The highest BCUT2D eigenvalue weighted by atomic mass is 15.0. The van der Waals surface area contributed by atoms with Crippen LogP contribution < -0.4 is 0 Å². The molecule has 224 valence electrons. The van der Waals surface area contributed by atoms with Crippen LogP contribution in [-0.2, 0) is 0 Å². The van der Waals surface area contributed by atoms with Gasteiger partial charge in [-0.25, -0.2) is 4.98 Å². The molecule has 10 aromatic rings. The van der Waals surface area contributed by atoms with Gasteiger partial charge in [-0.3, -0.25) is 0 Å². The van der Waals surface area contributed by atoms with Crippen molar-refractivity contribution < 1.29 is 0 Å². The molecular formula is C45H29N3. The Kier molecular flexibility index (Phi) is 5.87. The number of aromatic nitrogens is 3. The van der Waals surface area contributed by atoms with Crippen molar-refractivity contribution in [3.05, 3.63) is 176 Å². The molecule has 0 aliphatic carbocycles. The van der Waals surface area contributed by atoms with Crippen LogP contribution in [0.2, 0.25) is 0 Å². The molecule has 0 N–H and O–H groups in total. The second-order valence-electron chi connectivity index (χ2n) is 12.4. The Morgan fingerprint density at radius 2 is 0.688 bits per heavy atom. The molecule has 0 saturated carbocycles. The highest BCUT2D eigenvalue weighted by molar-refractivity contribution is 6.26. The molecule has 7 aromatic carbocycles. The second-order valence-corrected chi connectivity index (χ2v) is 12.4. The van der Waals surface area contributed by atoms with Crippen molar-refractivity contribution in [2.75, 3.05) is 0 Å². The number of benzene rings is 7. The fourth-order valence-corrected chi connectivity index (χ4v) is 7.60. The largest absolute Gasteiger partial charge is 0.309 e. The van der Waals surface area contributed by atoms with Gasteiger partial charge in [-0.05, 0) is 36.4 Å². The van der Waals surface area contributed by atoms with E-state index in [0.717, 1.165) is 33.9 Å². The van der Waals surface area contributed by atoms with Gasteiger partial charge in [0.1, 0.15) is 0 Å². The Morgan fingerprint density at radius 3 is 1.17 bits per heavy atom. The molecule has 0 saturated heterocycles. The van der Waals surface area contributed by atoms with Crippen molar-refractivity contribution >= 4 is 54.4 Å². The predicted octanol–water partition coefficient (Wildman–Crippen LogP) is 11.8. The first-order valence-corrected chi connectivity index (χ1v) is 16.4. The third-order valence-electron chi connectivity index (χ3n) is 9.68. The Labute approximate surface area is 277 Å². The van der Waals surface area contributed by atoms with Crippen LogP contribution in [0.5, 0.6) is 0 Å². The van der Waals surface area contributed by atoms with Gasteiger partial charge in [-0.2, -0.15) is 0 Å². The lowest BCUT2D eigenvalue weighted by atomic mass is 10.0. The van der Waals surface area contributed by atoms with Gasteiger partial charge >= 0.3 is 0 Å². The summed E-state index contributed by atoms with van der Waals surface area (Å²) in [5.41, 5.74) is 11.1. The zero-order valence-corrected chi connectivity index (χ0v) is 26.1. The Hall–Kier alpha value is -6.45. The van der Waals surface area contributed by atoms with Crippen LogP contribution in [0.15, 0.2) is 176 Å². The lowest BCUT2D eigenvalue weighted by Crippen LogP contribution is -1.99. The Balaban J connectivity index is 1.36. The Bertz CT molecular complexity index is 2750. The van der Waals surface area contributed by atoms with Crippen LogP contribution >= 0.6 is 0 Å². The number of fused-ring (bicyclic) bond motifs is 9. The van der Waals surface area contributed by atoms with E-state index in [4.69, 9.17) is 4.98 Å². The topological polar surface area (TPSA) is 22.8 Å². The van der Waals surface area contributed by atoms with Crippen molar-refractivity contribution in [1.82, 2.24) is 14.1 Å². The molecule has 3 heterocycles. The summed E-state index contributed by atoms with van der Waals surface area (Å²) in [6, 6.07) is 63.0. The fourth-order valence-electron chi connectivity index (χ4n) is 7.60. The van der Waals surface area contributed by atoms with Gasteiger partial charge in [0.05, 0.1) is 39.1 Å². The highest BCUT2D eigenvalue weighted by Gasteiger charge is 2.20. The molecule has 10 rings (SSSR count). The maximum atomic E-state index is 5.20. The van der Waals surface area contributed by atoms with Crippen molar-refractivity contribution in [3.63, 3.8) is 0 Å². The molecule has 0 spiro atoms. The van der Waals surface area contributed by atoms with Crippen LogP contribution in [0, 0.1) is 0 Å². The predicted molar refractivity (Wildman–Crippen MR) is 201 cm³/mol. The van der Waals surface area contributed by atoms with Crippen LogP contribution in [0.3, 0.4) is 0 Å². The van der Waals surface area contributed by atoms with Crippen molar-refractivity contribution in [3.8, 4) is 33.9 Å². The van der Waals surface area contributed by atoms with E-state index < -0.39 is 0 Å². The second kappa shape index (κ2) is 10.5. The summed E-state index contributed by atoms with van der Waals surface area (Å²) < 4.78 is 4.88. The molecule has 0 bridgehead atoms. The molecule has 3 aromatic heterocycles. The average Bonchev–Trinajstić information content (AvgIpc) is 3.69. The Morgan fingerprint density at radius 1 is 0.312 bits per heavy atom. The lowest BCUT2D eigenvalue weighted by Gasteiger charge is -2.15. The molecule has 48 heavy (non-hydrogen) atoms. The normalized spacial score (nSPS) is 11.8. The minimum Gasteiger partial charge on any atom is -0.309 e. The molecule has 0 amide bonds. The van der Waals surface area contributed by atoms with E-state index in [1.54, 1.807) is 0 Å². The van der Waals surface area contributed by atoms with Gasteiger partial charge in [0.15, 0.2) is 0 Å². The number of nitrogens with zero attached hydrogens (tertiary/aromatic N) is 3. The SMILES string of the molecule is c1ccc(-c2cc(-n3c4ccccc4c4ccc5c(ccc6c7ccccc7n(-c7ccccc7)c65)c43)cc(-c3ccccc3)n2)cc1. The van der Waals surface area contributed by atoms with Gasteiger partial charge in [-0.1, -0.05) is 140 Å². The molecule has 0 aliphatic rings. The number of hydrogen-bond acceptors (Lipinski definition) is 1. The van der Waals surface area contributed by atoms with E-state index in [2.05, 4.69) is 185 Å². The monoisotopic (exact) mass is 611 g/mol. The first kappa shape index (κ1) is 26.7. The van der Waals surface area contributed by atoms with Crippen molar-refractivity contribution in [2.45, 2.75) is 0 Å². The summed E-state index contributed by atoms with van der Waals surface area (Å²) in [6.45, 7) is 0. The van der Waals surface area contributed by atoms with E-state index in [0.29, 0.717) is 0 Å². The summed E-state index contributed by atoms with van der Waals surface area (Å²) in [4.78, 5) is 5.20. The average molecular weight is 612 g/mol. The quantitative estimate of drug-likeness (QED) is 0.194. The molecule has 0 fully saturated rings. The third kappa shape index (κ3) is 3.98. The molecule has 0 aliphatic heterocycles. The zero-order valence-electron chi connectivity index (χ0n) is 26.1. The van der Waals surface area contributed by atoms with Gasteiger partial charge in [0, 0.05) is 49.1 Å². The molecule has 0 unspecified atom stereocenters. The molecular weight excluding hydrogens is 583 g/mol. The van der Waals surface area contributed by atoms with Gasteiger partial charge in [-0.15, -0.1) is 0 Å². The number of rotatable bonds is 4. The van der Waals surface area contributed by atoms with Gasteiger partial charge in [0.25, 0.3) is 0 Å².